The van der Waals surface area contributed by atoms with Gasteiger partial charge in [-0.05, 0) is 24.6 Å². The van der Waals surface area contributed by atoms with Crippen LogP contribution in [0.1, 0.15) is 5.56 Å². The van der Waals surface area contributed by atoms with E-state index in [-0.39, 0.29) is 19.3 Å². The van der Waals surface area contributed by atoms with Gasteiger partial charge in [-0.2, -0.15) is 0 Å². The number of aliphatic hydroxyl groups is 2. The molecule has 0 unspecified atom stereocenters. The maximum absolute atomic E-state index is 8.88. The average molecular weight is 260 g/mol. The summed E-state index contributed by atoms with van der Waals surface area (Å²) in [4.78, 5) is 0. The second-order valence-electron chi connectivity index (χ2n) is 3.17. The number of benzene rings is 1. The van der Waals surface area contributed by atoms with Gasteiger partial charge in [0.15, 0.2) is 0 Å². The number of hydrogen-bond donors (Lipinski definition) is 3. The highest BCUT2D eigenvalue weighted by molar-refractivity contribution is 9.10. The summed E-state index contributed by atoms with van der Waals surface area (Å²) in [5.41, 5.74) is 2.04. The lowest BCUT2D eigenvalue weighted by Crippen LogP contribution is -2.27. The zero-order valence-electron chi connectivity index (χ0n) is 8.00. The number of halogens is 1. The molecule has 0 heterocycles. The molecule has 0 saturated carbocycles. The Kier molecular flexibility index (Phi) is 4.38. The monoisotopic (exact) mass is 259 g/mol. The van der Waals surface area contributed by atoms with Crippen molar-refractivity contribution < 1.29 is 10.2 Å². The Morgan fingerprint density at radius 2 is 2.00 bits per heavy atom. The highest BCUT2D eigenvalue weighted by Gasteiger charge is 2.05. The first kappa shape index (κ1) is 11.5. The fourth-order valence-corrected chi connectivity index (χ4v) is 1.45. The molecule has 14 heavy (non-hydrogen) atoms. The Bertz CT molecular complexity index is 300. The Hall–Kier alpha value is -0.580. The summed E-state index contributed by atoms with van der Waals surface area (Å²) in [5.74, 6) is 0. The molecule has 0 amide bonds. The van der Waals surface area contributed by atoms with Gasteiger partial charge in [0.05, 0.1) is 19.3 Å². The lowest BCUT2D eigenvalue weighted by Gasteiger charge is -2.15. The van der Waals surface area contributed by atoms with E-state index in [1.165, 1.54) is 0 Å². The van der Waals surface area contributed by atoms with Crippen molar-refractivity contribution in [1.29, 1.82) is 0 Å². The fraction of sp³-hybridized carbons (Fsp3) is 0.400. The molecule has 1 aromatic rings. The predicted octanol–water partition coefficient (Wildman–Crippen LogP) is 1.52. The predicted molar refractivity (Wildman–Crippen MR) is 60.5 cm³/mol. The molecule has 0 bridgehead atoms. The third-order valence-corrected chi connectivity index (χ3v) is 2.84. The minimum absolute atomic E-state index is 0.0814. The van der Waals surface area contributed by atoms with Crippen LogP contribution in [0.4, 0.5) is 5.69 Å². The van der Waals surface area contributed by atoms with E-state index in [2.05, 4.69) is 21.2 Å². The first-order valence-corrected chi connectivity index (χ1v) is 5.21. The maximum atomic E-state index is 8.88. The third-order valence-electron chi connectivity index (χ3n) is 1.98. The van der Waals surface area contributed by atoms with Crippen molar-refractivity contribution >= 4 is 21.6 Å². The molecular weight excluding hydrogens is 246 g/mol. The number of anilines is 1. The number of nitrogens with one attached hydrogen (secondary N) is 1. The summed E-state index contributed by atoms with van der Waals surface area (Å²) in [6, 6.07) is 5.51. The molecule has 0 aliphatic carbocycles. The van der Waals surface area contributed by atoms with E-state index in [9.17, 15) is 0 Å². The SMILES string of the molecule is Cc1ccc(NC(CO)CO)cc1Br. The molecule has 0 aliphatic heterocycles. The third kappa shape index (κ3) is 2.97. The molecule has 0 fully saturated rings. The second kappa shape index (κ2) is 5.34. The molecule has 0 radical (unpaired) electrons. The quantitative estimate of drug-likeness (QED) is 0.769. The highest BCUT2D eigenvalue weighted by Crippen LogP contribution is 2.20. The maximum Gasteiger partial charge on any atom is 0.0723 e. The van der Waals surface area contributed by atoms with Crippen LogP contribution in [-0.4, -0.2) is 29.5 Å². The van der Waals surface area contributed by atoms with E-state index >= 15 is 0 Å². The van der Waals surface area contributed by atoms with Crippen LogP contribution >= 0.6 is 15.9 Å². The molecule has 0 saturated heterocycles. The minimum atomic E-state index is -0.301. The van der Waals surface area contributed by atoms with Crippen LogP contribution in [0.5, 0.6) is 0 Å². The number of hydrogen-bond acceptors (Lipinski definition) is 3. The van der Waals surface area contributed by atoms with Crippen LogP contribution in [0.15, 0.2) is 22.7 Å². The van der Waals surface area contributed by atoms with Crippen molar-refractivity contribution in [2.45, 2.75) is 13.0 Å². The molecule has 0 spiro atoms. The van der Waals surface area contributed by atoms with E-state index in [0.717, 1.165) is 15.7 Å². The van der Waals surface area contributed by atoms with Crippen molar-refractivity contribution in [2.24, 2.45) is 0 Å². The molecule has 4 heteroatoms. The van der Waals surface area contributed by atoms with Crippen molar-refractivity contribution in [3.63, 3.8) is 0 Å². The van der Waals surface area contributed by atoms with E-state index in [4.69, 9.17) is 10.2 Å². The van der Waals surface area contributed by atoms with E-state index < -0.39 is 0 Å². The van der Waals surface area contributed by atoms with Gasteiger partial charge < -0.3 is 15.5 Å². The summed E-state index contributed by atoms with van der Waals surface area (Å²) >= 11 is 3.41. The van der Waals surface area contributed by atoms with Gasteiger partial charge in [0.2, 0.25) is 0 Å². The Labute approximate surface area is 91.9 Å². The van der Waals surface area contributed by atoms with Gasteiger partial charge in [0.1, 0.15) is 0 Å². The number of aryl methyl sites for hydroxylation is 1. The summed E-state index contributed by atoms with van der Waals surface area (Å²) in [7, 11) is 0. The van der Waals surface area contributed by atoms with Gasteiger partial charge in [-0.3, -0.25) is 0 Å². The smallest absolute Gasteiger partial charge is 0.0723 e. The highest BCUT2D eigenvalue weighted by atomic mass is 79.9. The minimum Gasteiger partial charge on any atom is -0.394 e. The van der Waals surface area contributed by atoms with Crippen LogP contribution in [-0.2, 0) is 0 Å². The van der Waals surface area contributed by atoms with Crippen LogP contribution in [0.25, 0.3) is 0 Å². The standard InChI is InChI=1S/C10H14BrNO2/c1-7-2-3-8(4-10(7)11)12-9(5-13)6-14/h2-4,9,12-14H,5-6H2,1H3. The van der Waals surface area contributed by atoms with E-state index in [0.29, 0.717) is 0 Å². The summed E-state index contributed by atoms with van der Waals surface area (Å²) in [5, 5.41) is 20.8. The van der Waals surface area contributed by atoms with Gasteiger partial charge in [0.25, 0.3) is 0 Å². The van der Waals surface area contributed by atoms with Crippen LogP contribution in [0.3, 0.4) is 0 Å². The van der Waals surface area contributed by atoms with Crippen LogP contribution in [0.2, 0.25) is 0 Å². The first-order chi connectivity index (χ1) is 6.67. The van der Waals surface area contributed by atoms with Crippen molar-refractivity contribution in [3.8, 4) is 0 Å². The molecule has 78 valence electrons. The number of aliphatic hydroxyl groups excluding tert-OH is 2. The fourth-order valence-electron chi connectivity index (χ4n) is 1.07. The first-order valence-electron chi connectivity index (χ1n) is 4.41. The molecule has 0 aliphatic rings. The molecule has 3 nitrogen and oxygen atoms in total. The van der Waals surface area contributed by atoms with E-state index in [1.54, 1.807) is 0 Å². The van der Waals surface area contributed by atoms with Gasteiger partial charge in [-0.15, -0.1) is 0 Å². The Balaban J connectivity index is 2.72. The summed E-state index contributed by atoms with van der Waals surface area (Å²) in [6.07, 6.45) is 0. The van der Waals surface area contributed by atoms with Crippen LogP contribution < -0.4 is 5.32 Å². The van der Waals surface area contributed by atoms with E-state index in [1.807, 2.05) is 25.1 Å². The van der Waals surface area contributed by atoms with Gasteiger partial charge in [0, 0.05) is 10.2 Å². The topological polar surface area (TPSA) is 52.5 Å². The number of rotatable bonds is 4. The summed E-state index contributed by atoms with van der Waals surface area (Å²) < 4.78 is 1.01. The lowest BCUT2D eigenvalue weighted by molar-refractivity contribution is 0.204. The largest absolute Gasteiger partial charge is 0.394 e. The molecule has 3 N–H and O–H groups in total. The van der Waals surface area contributed by atoms with Gasteiger partial charge in [-0.25, -0.2) is 0 Å². The molecular formula is C10H14BrNO2. The average Bonchev–Trinajstić information content (AvgIpc) is 2.19. The lowest BCUT2D eigenvalue weighted by atomic mass is 10.2. The zero-order valence-corrected chi connectivity index (χ0v) is 9.58. The van der Waals surface area contributed by atoms with Crippen molar-refractivity contribution in [3.05, 3.63) is 28.2 Å². The van der Waals surface area contributed by atoms with Gasteiger partial charge >= 0.3 is 0 Å². The second-order valence-corrected chi connectivity index (χ2v) is 4.02. The Morgan fingerprint density at radius 3 is 2.50 bits per heavy atom. The van der Waals surface area contributed by atoms with Crippen molar-refractivity contribution in [2.75, 3.05) is 18.5 Å². The molecule has 1 aromatic carbocycles. The molecule has 0 aromatic heterocycles. The van der Waals surface area contributed by atoms with Gasteiger partial charge in [-0.1, -0.05) is 22.0 Å². The normalized spacial score (nSPS) is 10.6. The molecule has 1 rings (SSSR count). The zero-order chi connectivity index (χ0) is 10.6. The Morgan fingerprint density at radius 1 is 1.36 bits per heavy atom. The summed E-state index contributed by atoms with van der Waals surface area (Å²) in [6.45, 7) is 1.84. The van der Waals surface area contributed by atoms with Crippen molar-refractivity contribution in [1.82, 2.24) is 0 Å². The molecule has 0 atom stereocenters. The van der Waals surface area contributed by atoms with Crippen LogP contribution in [0, 0.1) is 6.92 Å².